The van der Waals surface area contributed by atoms with Crippen LogP contribution in [-0.4, -0.2) is 4.98 Å². The predicted octanol–water partition coefficient (Wildman–Crippen LogP) is 4.07. The first-order valence-corrected chi connectivity index (χ1v) is 6.79. The maximum Gasteiger partial charge on any atom is 0.0737 e. The van der Waals surface area contributed by atoms with E-state index in [0.717, 1.165) is 6.42 Å². The van der Waals surface area contributed by atoms with Gasteiger partial charge in [-0.05, 0) is 49.3 Å². The minimum atomic E-state index is 1.14. The van der Waals surface area contributed by atoms with Crippen LogP contribution in [0.2, 0.25) is 0 Å². The number of para-hydroxylation sites is 1. The Morgan fingerprint density at radius 1 is 1.18 bits per heavy atom. The summed E-state index contributed by atoms with van der Waals surface area (Å²) in [6.07, 6.45) is 7.36. The zero-order valence-electron chi connectivity index (χ0n) is 10.5. The van der Waals surface area contributed by atoms with E-state index in [-0.39, 0.29) is 0 Å². The molecule has 1 aromatic carbocycles. The van der Waals surface area contributed by atoms with Gasteiger partial charge in [-0.1, -0.05) is 31.5 Å². The van der Waals surface area contributed by atoms with Crippen molar-refractivity contribution in [1.82, 2.24) is 4.98 Å². The fourth-order valence-corrected chi connectivity index (χ4v) is 2.85. The molecule has 0 bridgehead atoms. The summed E-state index contributed by atoms with van der Waals surface area (Å²) in [7, 11) is 0. The van der Waals surface area contributed by atoms with Crippen molar-refractivity contribution in [2.45, 2.75) is 45.4 Å². The summed E-state index contributed by atoms with van der Waals surface area (Å²) in [4.78, 5) is 4.93. The standard InChI is InChI=1S/C16H19N/c1-2-6-12-8-5-9-14-11-13-7-3-4-10-15(13)17-16(12)14/h5,8-9,11H,2-4,6-7,10H2,1H3. The van der Waals surface area contributed by atoms with Crippen molar-refractivity contribution in [3.63, 3.8) is 0 Å². The van der Waals surface area contributed by atoms with Crippen LogP contribution < -0.4 is 0 Å². The van der Waals surface area contributed by atoms with Gasteiger partial charge in [0.1, 0.15) is 0 Å². The van der Waals surface area contributed by atoms with Gasteiger partial charge in [-0.2, -0.15) is 0 Å². The summed E-state index contributed by atoms with van der Waals surface area (Å²) in [6, 6.07) is 8.98. The average Bonchev–Trinajstić information content (AvgIpc) is 2.37. The topological polar surface area (TPSA) is 12.9 Å². The minimum Gasteiger partial charge on any atom is -0.252 e. The summed E-state index contributed by atoms with van der Waals surface area (Å²) < 4.78 is 0. The summed E-state index contributed by atoms with van der Waals surface area (Å²) in [6.45, 7) is 2.23. The first-order valence-electron chi connectivity index (χ1n) is 6.79. The van der Waals surface area contributed by atoms with Gasteiger partial charge in [-0.15, -0.1) is 0 Å². The number of hydrogen-bond donors (Lipinski definition) is 0. The number of pyridine rings is 1. The Kier molecular flexibility index (Phi) is 2.84. The fraction of sp³-hybridized carbons (Fsp3) is 0.438. The minimum absolute atomic E-state index is 1.14. The summed E-state index contributed by atoms with van der Waals surface area (Å²) in [5.41, 5.74) is 5.50. The highest BCUT2D eigenvalue weighted by Crippen LogP contribution is 2.26. The second kappa shape index (κ2) is 4.48. The summed E-state index contributed by atoms with van der Waals surface area (Å²) >= 11 is 0. The Balaban J connectivity index is 2.19. The van der Waals surface area contributed by atoms with E-state index in [0.29, 0.717) is 0 Å². The van der Waals surface area contributed by atoms with E-state index >= 15 is 0 Å². The van der Waals surface area contributed by atoms with Gasteiger partial charge < -0.3 is 0 Å². The van der Waals surface area contributed by atoms with Crippen molar-refractivity contribution >= 4 is 10.9 Å². The van der Waals surface area contributed by atoms with Crippen molar-refractivity contribution in [3.8, 4) is 0 Å². The van der Waals surface area contributed by atoms with E-state index in [9.17, 15) is 0 Å². The maximum atomic E-state index is 4.93. The molecule has 0 amide bonds. The molecule has 0 saturated carbocycles. The average molecular weight is 225 g/mol. The van der Waals surface area contributed by atoms with Crippen LogP contribution in [0.15, 0.2) is 24.3 Å². The zero-order valence-corrected chi connectivity index (χ0v) is 10.5. The molecule has 3 rings (SSSR count). The number of rotatable bonds is 2. The lowest BCUT2D eigenvalue weighted by atomic mass is 9.94. The van der Waals surface area contributed by atoms with Crippen LogP contribution in [0.1, 0.15) is 43.0 Å². The quantitative estimate of drug-likeness (QED) is 0.751. The highest BCUT2D eigenvalue weighted by atomic mass is 14.7. The van der Waals surface area contributed by atoms with E-state index in [1.165, 1.54) is 59.8 Å². The number of aromatic nitrogens is 1. The molecule has 0 spiro atoms. The molecule has 0 atom stereocenters. The molecule has 0 fully saturated rings. The Bertz CT molecular complexity index is 542. The molecular formula is C16H19N. The van der Waals surface area contributed by atoms with Crippen molar-refractivity contribution in [2.75, 3.05) is 0 Å². The van der Waals surface area contributed by atoms with Crippen LogP contribution in [0.4, 0.5) is 0 Å². The third-order valence-electron chi connectivity index (χ3n) is 3.73. The van der Waals surface area contributed by atoms with Crippen LogP contribution in [-0.2, 0) is 19.3 Å². The van der Waals surface area contributed by atoms with Crippen LogP contribution in [0.25, 0.3) is 10.9 Å². The van der Waals surface area contributed by atoms with Crippen molar-refractivity contribution in [3.05, 3.63) is 41.1 Å². The van der Waals surface area contributed by atoms with E-state index in [4.69, 9.17) is 4.98 Å². The highest BCUT2D eigenvalue weighted by molar-refractivity contribution is 5.82. The lowest BCUT2D eigenvalue weighted by Gasteiger charge is -2.16. The van der Waals surface area contributed by atoms with Gasteiger partial charge >= 0.3 is 0 Å². The number of nitrogens with zero attached hydrogens (tertiary/aromatic N) is 1. The number of fused-ring (bicyclic) bond motifs is 2. The van der Waals surface area contributed by atoms with Gasteiger partial charge in [-0.25, -0.2) is 0 Å². The molecule has 1 aromatic heterocycles. The van der Waals surface area contributed by atoms with Gasteiger partial charge in [0.2, 0.25) is 0 Å². The van der Waals surface area contributed by atoms with E-state index in [1.54, 1.807) is 0 Å². The Morgan fingerprint density at radius 3 is 2.94 bits per heavy atom. The highest BCUT2D eigenvalue weighted by Gasteiger charge is 2.12. The number of benzene rings is 1. The summed E-state index contributed by atoms with van der Waals surface area (Å²) in [5.74, 6) is 0. The lowest BCUT2D eigenvalue weighted by molar-refractivity contribution is 0.671. The van der Waals surface area contributed by atoms with Gasteiger partial charge in [0, 0.05) is 11.1 Å². The zero-order chi connectivity index (χ0) is 11.7. The molecule has 0 N–H and O–H groups in total. The maximum absolute atomic E-state index is 4.93. The fourth-order valence-electron chi connectivity index (χ4n) is 2.85. The largest absolute Gasteiger partial charge is 0.252 e. The molecule has 2 aromatic rings. The van der Waals surface area contributed by atoms with E-state index in [2.05, 4.69) is 31.2 Å². The van der Waals surface area contributed by atoms with Gasteiger partial charge in [0.15, 0.2) is 0 Å². The van der Waals surface area contributed by atoms with Crippen LogP contribution in [0, 0.1) is 0 Å². The molecule has 0 unspecified atom stereocenters. The third-order valence-corrected chi connectivity index (χ3v) is 3.73. The second-order valence-corrected chi connectivity index (χ2v) is 5.04. The Morgan fingerprint density at radius 2 is 2.06 bits per heavy atom. The Labute approximate surface area is 103 Å². The Hall–Kier alpha value is -1.37. The molecular weight excluding hydrogens is 206 g/mol. The molecule has 1 nitrogen and oxygen atoms in total. The smallest absolute Gasteiger partial charge is 0.0737 e. The van der Waals surface area contributed by atoms with Crippen LogP contribution in [0.3, 0.4) is 0 Å². The first-order chi connectivity index (χ1) is 8.38. The van der Waals surface area contributed by atoms with E-state index < -0.39 is 0 Å². The number of aryl methyl sites for hydroxylation is 3. The van der Waals surface area contributed by atoms with Gasteiger partial charge in [-0.3, -0.25) is 4.98 Å². The SMILES string of the molecule is CCCc1cccc2cc3c(nc12)CCCC3. The van der Waals surface area contributed by atoms with Crippen LogP contribution in [0.5, 0.6) is 0 Å². The van der Waals surface area contributed by atoms with Crippen LogP contribution >= 0.6 is 0 Å². The monoisotopic (exact) mass is 225 g/mol. The van der Waals surface area contributed by atoms with Gasteiger partial charge in [0.25, 0.3) is 0 Å². The molecule has 1 aliphatic rings. The molecule has 17 heavy (non-hydrogen) atoms. The molecule has 0 aliphatic heterocycles. The predicted molar refractivity (Wildman–Crippen MR) is 72.4 cm³/mol. The number of hydrogen-bond acceptors (Lipinski definition) is 1. The van der Waals surface area contributed by atoms with Crippen molar-refractivity contribution in [2.24, 2.45) is 0 Å². The summed E-state index contributed by atoms with van der Waals surface area (Å²) in [5, 5.41) is 1.33. The third kappa shape index (κ3) is 1.95. The van der Waals surface area contributed by atoms with Gasteiger partial charge in [0.05, 0.1) is 5.52 Å². The molecule has 88 valence electrons. The lowest BCUT2D eigenvalue weighted by Crippen LogP contribution is -2.06. The molecule has 1 aliphatic carbocycles. The molecule has 1 heteroatoms. The normalized spacial score (nSPS) is 14.9. The molecule has 0 saturated heterocycles. The molecule has 0 radical (unpaired) electrons. The van der Waals surface area contributed by atoms with Crippen molar-refractivity contribution < 1.29 is 0 Å². The van der Waals surface area contributed by atoms with E-state index in [1.807, 2.05) is 0 Å². The first kappa shape index (κ1) is 10.8. The molecule has 1 heterocycles. The van der Waals surface area contributed by atoms with Crippen molar-refractivity contribution in [1.29, 1.82) is 0 Å². The second-order valence-electron chi connectivity index (χ2n) is 5.04.